The molecule has 2 aliphatic heterocycles. The number of fused-ring (bicyclic) bond motifs is 1. The van der Waals surface area contributed by atoms with Crippen LogP contribution >= 0.6 is 0 Å². The molecule has 2 aliphatic rings. The van der Waals surface area contributed by atoms with E-state index in [2.05, 4.69) is 10.3 Å². The fourth-order valence-corrected chi connectivity index (χ4v) is 4.96. The molecule has 2 aromatic rings. The maximum Gasteiger partial charge on any atom is 0.262 e. The number of sulfone groups is 1. The Balaban J connectivity index is 1.63. The van der Waals surface area contributed by atoms with Gasteiger partial charge in [-0.05, 0) is 36.2 Å². The van der Waals surface area contributed by atoms with E-state index in [1.165, 1.54) is 37.6 Å². The molecule has 31 heavy (non-hydrogen) atoms. The maximum absolute atomic E-state index is 12.9. The summed E-state index contributed by atoms with van der Waals surface area (Å²) in [6.07, 6.45) is 1.44. The number of nitrogens with zero attached hydrogens (tertiary/aromatic N) is 2. The van der Waals surface area contributed by atoms with E-state index in [0.717, 1.165) is 11.0 Å². The summed E-state index contributed by atoms with van der Waals surface area (Å²) in [5.41, 5.74) is 0.363. The molecule has 10 nitrogen and oxygen atoms in total. The van der Waals surface area contributed by atoms with Gasteiger partial charge >= 0.3 is 0 Å². The van der Waals surface area contributed by atoms with Gasteiger partial charge in [-0.3, -0.25) is 29.4 Å². The zero-order valence-electron chi connectivity index (χ0n) is 16.3. The van der Waals surface area contributed by atoms with Gasteiger partial charge in [-0.25, -0.2) is 13.4 Å². The van der Waals surface area contributed by atoms with Gasteiger partial charge in [-0.15, -0.1) is 0 Å². The number of rotatable bonds is 5. The molecule has 0 bridgehead atoms. The van der Waals surface area contributed by atoms with Gasteiger partial charge < -0.3 is 4.74 Å². The highest BCUT2D eigenvalue weighted by atomic mass is 32.2. The van der Waals surface area contributed by atoms with Crippen LogP contribution in [0.5, 0.6) is 5.88 Å². The van der Waals surface area contributed by atoms with E-state index in [4.69, 9.17) is 4.74 Å². The van der Waals surface area contributed by atoms with Crippen LogP contribution in [0.15, 0.2) is 41.4 Å². The number of imide groups is 2. The lowest BCUT2D eigenvalue weighted by molar-refractivity contribution is -0.136. The molecular weight excluding hydrogens is 426 g/mol. The van der Waals surface area contributed by atoms with Crippen molar-refractivity contribution in [2.75, 3.05) is 7.11 Å². The predicted molar refractivity (Wildman–Crippen MR) is 105 cm³/mol. The molecule has 1 aromatic heterocycles. The van der Waals surface area contributed by atoms with E-state index in [1.54, 1.807) is 0 Å². The maximum atomic E-state index is 12.9. The first-order valence-electron chi connectivity index (χ1n) is 9.28. The second-order valence-electron chi connectivity index (χ2n) is 7.12. The minimum atomic E-state index is -3.85. The van der Waals surface area contributed by atoms with E-state index in [1.807, 2.05) is 0 Å². The molecule has 1 aromatic carbocycles. The Kier molecular flexibility index (Phi) is 5.05. The largest absolute Gasteiger partial charge is 0.481 e. The number of methoxy groups -OCH3 is 1. The second kappa shape index (κ2) is 7.58. The Morgan fingerprint density at radius 3 is 2.55 bits per heavy atom. The van der Waals surface area contributed by atoms with Crippen molar-refractivity contribution in [3.8, 4) is 5.88 Å². The van der Waals surface area contributed by atoms with Crippen LogP contribution in [-0.2, 0) is 25.2 Å². The minimum Gasteiger partial charge on any atom is -0.481 e. The summed E-state index contributed by atoms with van der Waals surface area (Å²) in [4.78, 5) is 53.7. The summed E-state index contributed by atoms with van der Waals surface area (Å²) >= 11 is 0. The number of ether oxygens (including phenoxy) is 1. The molecule has 1 atom stereocenters. The molecule has 0 saturated carbocycles. The number of amides is 4. The topological polar surface area (TPSA) is 140 Å². The zero-order chi connectivity index (χ0) is 22.3. The van der Waals surface area contributed by atoms with E-state index in [-0.39, 0.29) is 40.5 Å². The van der Waals surface area contributed by atoms with E-state index >= 15 is 0 Å². The third-order valence-electron chi connectivity index (χ3n) is 5.14. The molecule has 0 aliphatic carbocycles. The number of pyridine rings is 1. The van der Waals surface area contributed by atoms with Crippen LogP contribution in [-0.4, -0.2) is 55.1 Å². The molecule has 4 amide bonds. The van der Waals surface area contributed by atoms with Gasteiger partial charge in [0, 0.05) is 18.7 Å². The fourth-order valence-electron chi connectivity index (χ4n) is 3.60. The molecule has 3 heterocycles. The van der Waals surface area contributed by atoms with Crippen LogP contribution in [0, 0.1) is 0 Å². The first-order chi connectivity index (χ1) is 14.7. The van der Waals surface area contributed by atoms with Crippen molar-refractivity contribution in [3.05, 3.63) is 53.2 Å². The molecule has 0 radical (unpaired) electrons. The lowest BCUT2D eigenvalue weighted by atomic mass is 10.0. The Hall–Kier alpha value is -3.60. The van der Waals surface area contributed by atoms with Crippen molar-refractivity contribution in [2.24, 2.45) is 0 Å². The quantitative estimate of drug-likeness (QED) is 0.658. The first kappa shape index (κ1) is 20.7. The molecule has 160 valence electrons. The van der Waals surface area contributed by atoms with Gasteiger partial charge in [0.15, 0.2) is 9.84 Å². The standard InChI is InChI=1S/C20H17N3O7S/c1-30-17-8-11(6-7-21-17)10-31(28,29)12-2-3-13-14(9-12)20(27)23(19(13)26)15-4-5-16(24)22-18(15)25/h2-3,6-9,15H,4-5,10H2,1H3,(H,22,24,25). The Morgan fingerprint density at radius 1 is 1.10 bits per heavy atom. The van der Waals surface area contributed by atoms with Crippen molar-refractivity contribution < 1.29 is 32.3 Å². The molecule has 11 heteroatoms. The number of nitrogens with one attached hydrogen (secondary N) is 1. The zero-order valence-corrected chi connectivity index (χ0v) is 17.1. The summed E-state index contributed by atoms with van der Waals surface area (Å²) in [5, 5.41) is 2.11. The lowest BCUT2D eigenvalue weighted by Gasteiger charge is -2.27. The van der Waals surface area contributed by atoms with Crippen LogP contribution < -0.4 is 10.1 Å². The molecule has 1 unspecified atom stereocenters. The van der Waals surface area contributed by atoms with Gasteiger partial charge in [0.1, 0.15) is 6.04 Å². The van der Waals surface area contributed by atoms with Crippen LogP contribution in [0.3, 0.4) is 0 Å². The second-order valence-corrected chi connectivity index (χ2v) is 9.11. The SMILES string of the molecule is COc1cc(CS(=O)(=O)c2ccc3c(c2)C(=O)N(C2CCC(=O)NC2=O)C3=O)ccn1. The Bertz CT molecular complexity index is 1240. The van der Waals surface area contributed by atoms with E-state index < -0.39 is 39.5 Å². The average Bonchev–Trinajstić information content (AvgIpc) is 2.98. The Labute approximate surface area is 177 Å². The van der Waals surface area contributed by atoms with Gasteiger partial charge in [0.05, 0.1) is 28.9 Å². The van der Waals surface area contributed by atoms with Crippen molar-refractivity contribution in [1.82, 2.24) is 15.2 Å². The van der Waals surface area contributed by atoms with Crippen molar-refractivity contribution in [1.29, 1.82) is 0 Å². The highest BCUT2D eigenvalue weighted by molar-refractivity contribution is 7.90. The van der Waals surface area contributed by atoms with Crippen LogP contribution in [0.25, 0.3) is 0 Å². The van der Waals surface area contributed by atoms with Gasteiger partial charge in [-0.2, -0.15) is 0 Å². The molecule has 0 spiro atoms. The number of aromatic nitrogens is 1. The highest BCUT2D eigenvalue weighted by Gasteiger charge is 2.44. The number of piperidine rings is 1. The van der Waals surface area contributed by atoms with Crippen molar-refractivity contribution >= 4 is 33.5 Å². The first-order valence-corrected chi connectivity index (χ1v) is 10.9. The summed E-state index contributed by atoms with van der Waals surface area (Å²) in [7, 11) is -2.44. The summed E-state index contributed by atoms with van der Waals surface area (Å²) < 4.78 is 30.8. The van der Waals surface area contributed by atoms with Gasteiger partial charge in [0.2, 0.25) is 17.7 Å². The third kappa shape index (κ3) is 3.67. The van der Waals surface area contributed by atoms with E-state index in [9.17, 15) is 27.6 Å². The van der Waals surface area contributed by atoms with Crippen molar-refractivity contribution in [2.45, 2.75) is 29.5 Å². The normalized spacial score (nSPS) is 18.7. The monoisotopic (exact) mass is 443 g/mol. The lowest BCUT2D eigenvalue weighted by Crippen LogP contribution is -2.54. The number of carbonyl (C=O) groups excluding carboxylic acids is 4. The van der Waals surface area contributed by atoms with E-state index in [0.29, 0.717) is 5.56 Å². The predicted octanol–water partition coefficient (Wildman–Crippen LogP) is 0.465. The minimum absolute atomic E-state index is 0.00115. The molecule has 1 fully saturated rings. The molecular formula is C20H17N3O7S. The molecule has 1 saturated heterocycles. The number of benzene rings is 1. The molecule has 1 N–H and O–H groups in total. The number of hydrogen-bond donors (Lipinski definition) is 1. The number of hydrogen-bond acceptors (Lipinski definition) is 8. The van der Waals surface area contributed by atoms with Crippen LogP contribution in [0.2, 0.25) is 0 Å². The summed E-state index contributed by atoms with van der Waals surface area (Å²) in [5.74, 6) is -2.76. The van der Waals surface area contributed by atoms with Crippen LogP contribution in [0.1, 0.15) is 39.1 Å². The molecule has 4 rings (SSSR count). The number of carbonyl (C=O) groups is 4. The third-order valence-corrected chi connectivity index (χ3v) is 6.82. The summed E-state index contributed by atoms with van der Waals surface area (Å²) in [6, 6.07) is 5.58. The smallest absolute Gasteiger partial charge is 0.262 e. The van der Waals surface area contributed by atoms with Gasteiger partial charge in [-0.1, -0.05) is 0 Å². The summed E-state index contributed by atoms with van der Waals surface area (Å²) in [6.45, 7) is 0. The highest BCUT2D eigenvalue weighted by Crippen LogP contribution is 2.30. The van der Waals surface area contributed by atoms with Crippen LogP contribution in [0.4, 0.5) is 0 Å². The average molecular weight is 443 g/mol. The van der Waals surface area contributed by atoms with Gasteiger partial charge in [0.25, 0.3) is 11.8 Å². The Morgan fingerprint density at radius 2 is 1.84 bits per heavy atom. The fraction of sp³-hybridized carbons (Fsp3) is 0.250. The van der Waals surface area contributed by atoms with Crippen molar-refractivity contribution in [3.63, 3.8) is 0 Å².